The molecule has 0 fully saturated rings. The lowest BCUT2D eigenvalue weighted by atomic mass is 9.34. The minimum absolute atomic E-state index is 0.162. The fraction of sp³-hybridized carbons (Fsp3) is 0.133. The molecule has 0 bridgehead atoms. The van der Waals surface area contributed by atoms with E-state index in [1.165, 1.54) is 176 Å². The topological polar surface area (TPSA) is 0 Å². The molecule has 10 aromatic rings. The third-order valence-electron chi connectivity index (χ3n) is 15.7. The largest absolute Gasteiger partial charge is 0.244 e. The maximum absolute atomic E-state index is 2.68. The zero-order valence-corrected chi connectivity index (χ0v) is 36.7. The Bertz CT molecular complexity index is 3500. The lowest BCUT2D eigenvalue weighted by Gasteiger charge is -2.33. The summed E-state index contributed by atoms with van der Waals surface area (Å²) in [7, 11) is 0. The van der Waals surface area contributed by atoms with Gasteiger partial charge in [-0.3, -0.25) is 0 Å². The minimum atomic E-state index is 0.162. The zero-order chi connectivity index (χ0) is 41.8. The van der Waals surface area contributed by atoms with Gasteiger partial charge >= 0.3 is 0 Å². The van der Waals surface area contributed by atoms with Gasteiger partial charge in [-0.15, -0.1) is 0 Å². The van der Waals surface area contributed by atoms with Crippen molar-refractivity contribution in [1.29, 1.82) is 0 Å². The monoisotopic (exact) mass is 786 g/mol. The van der Waals surface area contributed by atoms with E-state index >= 15 is 0 Å². The Balaban J connectivity index is 1.27. The predicted octanol–water partition coefficient (Wildman–Crippen LogP) is 11.3. The average Bonchev–Trinajstić information content (AvgIpc) is 3.73. The van der Waals surface area contributed by atoms with Crippen LogP contribution in [-0.4, -0.2) is 13.4 Å². The van der Waals surface area contributed by atoms with Gasteiger partial charge in [-0.05, 0) is 200 Å². The van der Waals surface area contributed by atoms with Crippen LogP contribution in [-0.2, 0) is 0 Å². The molecule has 0 aliphatic carbocycles. The van der Waals surface area contributed by atoms with E-state index in [-0.39, 0.29) is 13.4 Å². The molecular weight excluding hydrogens is 742 g/mol. The summed E-state index contributed by atoms with van der Waals surface area (Å²) in [6.07, 6.45) is 0. The van der Waals surface area contributed by atoms with Crippen molar-refractivity contribution in [3.63, 3.8) is 0 Å². The molecule has 0 spiro atoms. The molecule has 0 amide bonds. The molecule has 0 unspecified atom stereocenters. The Kier molecular flexibility index (Phi) is 6.57. The predicted molar refractivity (Wildman–Crippen MR) is 270 cm³/mol. The van der Waals surface area contributed by atoms with Crippen molar-refractivity contribution in [3.8, 4) is 66.8 Å². The van der Waals surface area contributed by atoms with Crippen LogP contribution in [0.1, 0.15) is 44.5 Å². The van der Waals surface area contributed by atoms with Crippen LogP contribution in [0.15, 0.2) is 121 Å². The van der Waals surface area contributed by atoms with E-state index in [1.54, 1.807) is 0 Å². The number of rotatable bonds is 2. The molecule has 10 aromatic carbocycles. The van der Waals surface area contributed by atoms with Crippen LogP contribution in [0, 0.1) is 55.4 Å². The van der Waals surface area contributed by atoms with Crippen LogP contribution in [0.3, 0.4) is 0 Å². The summed E-state index contributed by atoms with van der Waals surface area (Å²) in [5.74, 6) is 0. The molecule has 0 nitrogen and oxygen atoms in total. The number of aryl methyl sites for hydroxylation is 8. The first kappa shape index (κ1) is 35.0. The molecule has 0 saturated carbocycles. The Morgan fingerprint density at radius 3 is 1.02 bits per heavy atom. The second kappa shape index (κ2) is 11.6. The number of hydrogen-bond donors (Lipinski definition) is 0. The Labute approximate surface area is 364 Å². The maximum atomic E-state index is 2.68. The molecular formula is C60H44B2. The van der Waals surface area contributed by atoms with Crippen LogP contribution in [0.4, 0.5) is 0 Å². The minimum Gasteiger partial charge on any atom is -0.0661 e. The fourth-order valence-electron chi connectivity index (χ4n) is 13.4. The van der Waals surface area contributed by atoms with E-state index in [9.17, 15) is 0 Å². The second-order valence-corrected chi connectivity index (χ2v) is 19.6. The van der Waals surface area contributed by atoms with Crippen molar-refractivity contribution < 1.29 is 0 Å². The highest BCUT2D eigenvalue weighted by Crippen LogP contribution is 2.52. The molecule has 290 valence electrons. The summed E-state index contributed by atoms with van der Waals surface area (Å²) in [5, 5.41) is 8.54. The molecule has 4 aliphatic heterocycles. The highest BCUT2D eigenvalue weighted by atomic mass is 14.4. The van der Waals surface area contributed by atoms with Gasteiger partial charge in [0, 0.05) is 0 Å². The summed E-state index contributed by atoms with van der Waals surface area (Å²) in [5.41, 5.74) is 36.0. The highest BCUT2D eigenvalue weighted by molar-refractivity contribution is 7.03. The standard InChI is InChI=1S/C60H44B2/c1-29-15-17-49-37(19-29)45-21-31(3)23-47-41-25-39(53-33(5)11-9-12-34(53)6)44-28-52-56-42(48-24-32(4)22-46-38-20-30(2)16-18-50(38)62(52)60(46)48)26-40(54-35(7)13-10-14-36(54)8)43-27-51(61(49)59(45)47)55(41)57(44)58(43)56/h9-28H,1-8H3. The van der Waals surface area contributed by atoms with Crippen molar-refractivity contribution in [1.82, 2.24) is 0 Å². The summed E-state index contributed by atoms with van der Waals surface area (Å²) in [6, 6.07) is 48.8. The van der Waals surface area contributed by atoms with Crippen molar-refractivity contribution in [2.45, 2.75) is 55.4 Å². The van der Waals surface area contributed by atoms with Crippen molar-refractivity contribution in [2.24, 2.45) is 0 Å². The first-order valence-corrected chi connectivity index (χ1v) is 22.6. The first-order valence-electron chi connectivity index (χ1n) is 22.6. The van der Waals surface area contributed by atoms with E-state index in [2.05, 4.69) is 177 Å². The second-order valence-electron chi connectivity index (χ2n) is 19.6. The van der Waals surface area contributed by atoms with Gasteiger partial charge in [-0.25, -0.2) is 0 Å². The first-order chi connectivity index (χ1) is 30.0. The fourth-order valence-corrected chi connectivity index (χ4v) is 13.4. The van der Waals surface area contributed by atoms with Crippen LogP contribution >= 0.6 is 0 Å². The number of benzene rings is 10. The molecule has 0 N–H and O–H groups in total. The molecule has 0 radical (unpaired) electrons. The van der Waals surface area contributed by atoms with Gasteiger partial charge in [0.25, 0.3) is 0 Å². The zero-order valence-electron chi connectivity index (χ0n) is 36.7. The normalized spacial score (nSPS) is 13.4. The summed E-state index contributed by atoms with van der Waals surface area (Å²) in [6.45, 7) is 18.7. The smallest absolute Gasteiger partial charge is 0.0661 e. The molecule has 0 atom stereocenters. The highest BCUT2D eigenvalue weighted by Gasteiger charge is 2.45. The lowest BCUT2D eigenvalue weighted by molar-refractivity contribution is 1.38. The molecule has 14 rings (SSSR count). The van der Waals surface area contributed by atoms with Gasteiger partial charge < -0.3 is 0 Å². The molecule has 4 aliphatic rings. The van der Waals surface area contributed by atoms with Gasteiger partial charge in [-0.2, -0.15) is 0 Å². The summed E-state index contributed by atoms with van der Waals surface area (Å²) in [4.78, 5) is 0. The van der Waals surface area contributed by atoms with Crippen LogP contribution in [0.5, 0.6) is 0 Å². The van der Waals surface area contributed by atoms with Gasteiger partial charge in [0.2, 0.25) is 13.4 Å². The van der Waals surface area contributed by atoms with Gasteiger partial charge in [0.05, 0.1) is 0 Å². The van der Waals surface area contributed by atoms with E-state index in [0.717, 1.165) is 0 Å². The van der Waals surface area contributed by atoms with E-state index in [0.29, 0.717) is 0 Å². The van der Waals surface area contributed by atoms with E-state index in [1.807, 2.05) is 0 Å². The molecule has 0 aromatic heterocycles. The van der Waals surface area contributed by atoms with Crippen molar-refractivity contribution >= 4 is 78.5 Å². The van der Waals surface area contributed by atoms with Gasteiger partial charge in [0.15, 0.2) is 0 Å². The SMILES string of the molecule is Cc1ccc2c(c1)-c1cc(C)cc3c1B2c1cc2c(-c4c(C)cccc4C)cc4c5c(cc6c(-c7c(C)cccc7C)cc-3c1c6c25)B1c2ccc(C)cc2-c2cc(C)cc-4c21. The van der Waals surface area contributed by atoms with Gasteiger partial charge in [-0.1, -0.05) is 153 Å². The van der Waals surface area contributed by atoms with Crippen LogP contribution in [0.25, 0.3) is 99.1 Å². The summed E-state index contributed by atoms with van der Waals surface area (Å²) >= 11 is 0. The Hall–Kier alpha value is -6.63. The Morgan fingerprint density at radius 1 is 0.274 bits per heavy atom. The van der Waals surface area contributed by atoms with Crippen LogP contribution in [0.2, 0.25) is 0 Å². The van der Waals surface area contributed by atoms with Crippen molar-refractivity contribution in [3.05, 3.63) is 166 Å². The number of hydrogen-bond acceptors (Lipinski definition) is 0. The van der Waals surface area contributed by atoms with Crippen LogP contribution < -0.4 is 32.8 Å². The van der Waals surface area contributed by atoms with E-state index < -0.39 is 0 Å². The van der Waals surface area contributed by atoms with Crippen molar-refractivity contribution in [2.75, 3.05) is 0 Å². The third kappa shape index (κ3) is 4.17. The quantitative estimate of drug-likeness (QED) is 0.121. The number of fused-ring (bicyclic) bond motifs is 10. The third-order valence-corrected chi connectivity index (χ3v) is 15.7. The molecule has 0 saturated heterocycles. The van der Waals surface area contributed by atoms with E-state index in [4.69, 9.17) is 0 Å². The average molecular weight is 787 g/mol. The lowest BCUT2D eigenvalue weighted by Crippen LogP contribution is -2.53. The molecule has 62 heavy (non-hydrogen) atoms. The maximum Gasteiger partial charge on any atom is 0.244 e. The summed E-state index contributed by atoms with van der Waals surface area (Å²) < 4.78 is 0. The molecule has 4 heterocycles. The van der Waals surface area contributed by atoms with Gasteiger partial charge in [0.1, 0.15) is 0 Å². The molecule has 2 heteroatoms. The Morgan fingerprint density at radius 2 is 0.629 bits per heavy atom.